The highest BCUT2D eigenvalue weighted by atomic mass is 32.1. The molecule has 0 spiro atoms. The first-order valence-electron chi connectivity index (χ1n) is 13.4. The van der Waals surface area contributed by atoms with Crippen molar-refractivity contribution in [2.45, 2.75) is 20.3 Å². The fourth-order valence-electron chi connectivity index (χ4n) is 4.71. The lowest BCUT2D eigenvalue weighted by atomic mass is 10.1. The Kier molecular flexibility index (Phi) is 7.54. The number of nitrogens with zero attached hydrogens (tertiary/aromatic N) is 5. The maximum absolute atomic E-state index is 12.6. The Bertz CT molecular complexity index is 2070. The SMILES string of the molecule is C=N/C=C(\C=C(/C)NC(=O)Cc1ccccc1)c1ccc2[nH]nc(-c3nc4c(-c5ccc(C(C)=O)s5)cncc4[nH]3)c2n1. The van der Waals surface area contributed by atoms with Gasteiger partial charge in [0.1, 0.15) is 11.0 Å². The number of H-pyrrole nitrogens is 2. The maximum atomic E-state index is 12.6. The Morgan fingerprint density at radius 1 is 1.00 bits per heavy atom. The van der Waals surface area contributed by atoms with Crippen molar-refractivity contribution in [2.75, 3.05) is 0 Å². The summed E-state index contributed by atoms with van der Waals surface area (Å²) in [5.41, 5.74) is 7.00. The third-order valence-electron chi connectivity index (χ3n) is 6.69. The molecule has 0 bridgehead atoms. The highest BCUT2D eigenvalue weighted by molar-refractivity contribution is 7.17. The summed E-state index contributed by atoms with van der Waals surface area (Å²) >= 11 is 1.41. The zero-order valence-corrected chi connectivity index (χ0v) is 24.2. The highest BCUT2D eigenvalue weighted by Gasteiger charge is 2.18. The molecule has 0 saturated carbocycles. The van der Waals surface area contributed by atoms with Gasteiger partial charge in [-0.1, -0.05) is 30.3 Å². The van der Waals surface area contributed by atoms with Crippen molar-refractivity contribution in [3.63, 3.8) is 0 Å². The van der Waals surface area contributed by atoms with Crippen LogP contribution in [0.5, 0.6) is 0 Å². The minimum atomic E-state index is -0.120. The number of rotatable bonds is 9. The molecule has 3 N–H and O–H groups in total. The van der Waals surface area contributed by atoms with Crippen LogP contribution in [-0.4, -0.2) is 48.5 Å². The van der Waals surface area contributed by atoms with Gasteiger partial charge in [0.15, 0.2) is 17.3 Å². The Balaban J connectivity index is 1.32. The van der Waals surface area contributed by atoms with Crippen LogP contribution in [0.4, 0.5) is 0 Å². The van der Waals surface area contributed by atoms with Gasteiger partial charge in [-0.25, -0.2) is 9.97 Å². The summed E-state index contributed by atoms with van der Waals surface area (Å²) in [4.78, 5) is 47.4. The second-order valence-electron chi connectivity index (χ2n) is 9.86. The number of benzene rings is 1. The van der Waals surface area contributed by atoms with Crippen LogP contribution in [0.15, 0.2) is 90.0 Å². The molecule has 0 aliphatic carbocycles. The number of nitrogens with one attached hydrogen (secondary N) is 3. The van der Waals surface area contributed by atoms with Gasteiger partial charge in [-0.05, 0) is 56.5 Å². The molecule has 1 amide bonds. The maximum Gasteiger partial charge on any atom is 0.228 e. The number of carbonyl (C=O) groups excluding carboxylic acids is 2. The molecule has 0 saturated heterocycles. The third-order valence-corrected chi connectivity index (χ3v) is 7.91. The molecule has 10 nitrogen and oxygen atoms in total. The van der Waals surface area contributed by atoms with E-state index in [1.165, 1.54) is 11.3 Å². The molecule has 0 radical (unpaired) electrons. The molecule has 5 aromatic heterocycles. The van der Waals surface area contributed by atoms with Crippen LogP contribution >= 0.6 is 11.3 Å². The molecule has 5 heterocycles. The summed E-state index contributed by atoms with van der Waals surface area (Å²) in [5, 5.41) is 10.5. The summed E-state index contributed by atoms with van der Waals surface area (Å²) in [5.74, 6) is 0.421. The summed E-state index contributed by atoms with van der Waals surface area (Å²) in [6, 6.07) is 17.0. The first-order chi connectivity index (χ1) is 20.9. The van der Waals surface area contributed by atoms with Crippen molar-refractivity contribution in [3.05, 3.63) is 101 Å². The van der Waals surface area contributed by atoms with E-state index in [-0.39, 0.29) is 18.1 Å². The van der Waals surface area contributed by atoms with E-state index in [2.05, 4.69) is 37.2 Å². The molecular weight excluding hydrogens is 560 g/mol. The Morgan fingerprint density at radius 2 is 1.84 bits per heavy atom. The first kappa shape index (κ1) is 27.6. The van der Waals surface area contributed by atoms with E-state index < -0.39 is 0 Å². The van der Waals surface area contributed by atoms with Crippen molar-refractivity contribution < 1.29 is 9.59 Å². The lowest BCUT2D eigenvalue weighted by Gasteiger charge is -2.08. The zero-order valence-electron chi connectivity index (χ0n) is 23.4. The molecular formula is C32H26N8O2S. The van der Waals surface area contributed by atoms with E-state index in [1.54, 1.807) is 31.6 Å². The van der Waals surface area contributed by atoms with E-state index in [9.17, 15) is 9.59 Å². The molecule has 11 heteroatoms. The minimum Gasteiger partial charge on any atom is -0.335 e. The van der Waals surface area contributed by atoms with Gasteiger partial charge in [-0.2, -0.15) is 5.10 Å². The lowest BCUT2D eigenvalue weighted by molar-refractivity contribution is -0.119. The van der Waals surface area contributed by atoms with Crippen LogP contribution in [0.2, 0.25) is 0 Å². The number of fused-ring (bicyclic) bond motifs is 2. The van der Waals surface area contributed by atoms with Crippen LogP contribution in [0.1, 0.15) is 34.8 Å². The number of aromatic nitrogens is 6. The fourth-order valence-corrected chi connectivity index (χ4v) is 5.62. The smallest absolute Gasteiger partial charge is 0.228 e. The van der Waals surface area contributed by atoms with Gasteiger partial charge in [0.05, 0.1) is 34.2 Å². The predicted octanol–water partition coefficient (Wildman–Crippen LogP) is 6.13. The molecule has 0 aliphatic heterocycles. The van der Waals surface area contributed by atoms with E-state index in [1.807, 2.05) is 61.5 Å². The van der Waals surface area contributed by atoms with Crippen molar-refractivity contribution in [1.29, 1.82) is 0 Å². The second kappa shape index (κ2) is 11.7. The molecule has 6 aromatic rings. The zero-order chi connectivity index (χ0) is 29.9. The van der Waals surface area contributed by atoms with Crippen LogP contribution in [0.25, 0.3) is 49.6 Å². The van der Waals surface area contributed by atoms with Gasteiger partial charge >= 0.3 is 0 Å². The number of imidazole rings is 1. The standard InChI is InChI=1S/C32H26N8O2S/c1-18(35-28(42)14-20-7-5-4-6-8-20)13-21(15-33-3)23-9-10-24-30(36-23)31(40-39-24)32-37-25-17-34-16-22(29(25)38-32)27-12-11-26(43-27)19(2)41/h4-13,15-17H,3,14H2,1-2H3,(H,35,42)(H,37,38)(H,39,40)/b18-13+,21-15+. The van der Waals surface area contributed by atoms with Gasteiger partial charge in [0.25, 0.3) is 0 Å². The number of allylic oxidation sites excluding steroid dienone is 3. The highest BCUT2D eigenvalue weighted by Crippen LogP contribution is 2.34. The van der Waals surface area contributed by atoms with Crippen molar-refractivity contribution in [1.82, 2.24) is 35.5 Å². The Labute approximate surface area is 250 Å². The number of aliphatic imine (C=N–C) groups is 1. The van der Waals surface area contributed by atoms with Crippen molar-refractivity contribution in [2.24, 2.45) is 4.99 Å². The van der Waals surface area contributed by atoms with Crippen molar-refractivity contribution >= 4 is 57.4 Å². The van der Waals surface area contributed by atoms with Crippen LogP contribution in [-0.2, 0) is 11.2 Å². The van der Waals surface area contributed by atoms with Gasteiger partial charge in [-0.15, -0.1) is 11.3 Å². The predicted molar refractivity (Wildman–Crippen MR) is 170 cm³/mol. The van der Waals surface area contributed by atoms with Gasteiger partial charge in [0, 0.05) is 34.1 Å². The van der Waals surface area contributed by atoms with Gasteiger partial charge in [0.2, 0.25) is 5.91 Å². The van der Waals surface area contributed by atoms with E-state index in [0.29, 0.717) is 38.9 Å². The Hall–Kier alpha value is -5.55. The largest absolute Gasteiger partial charge is 0.335 e. The number of aromatic amines is 2. The fraction of sp³-hybridized carbons (Fsp3) is 0.0938. The number of amides is 1. The van der Waals surface area contributed by atoms with E-state index in [0.717, 1.165) is 32.6 Å². The number of hydrogen-bond donors (Lipinski definition) is 3. The molecule has 0 aliphatic rings. The number of hydrogen-bond acceptors (Lipinski definition) is 8. The number of Topliss-reactive ketones (excluding diaryl/α,β-unsaturated/α-hetero) is 1. The van der Waals surface area contributed by atoms with E-state index >= 15 is 0 Å². The summed E-state index contributed by atoms with van der Waals surface area (Å²) in [6.45, 7) is 6.97. The summed E-state index contributed by atoms with van der Waals surface area (Å²) < 4.78 is 0. The van der Waals surface area contributed by atoms with Crippen molar-refractivity contribution in [3.8, 4) is 22.0 Å². The monoisotopic (exact) mass is 586 g/mol. The average molecular weight is 587 g/mol. The normalized spacial score (nSPS) is 12.1. The number of carbonyl (C=O) groups is 2. The van der Waals surface area contributed by atoms with Crippen LogP contribution in [0, 0.1) is 0 Å². The lowest BCUT2D eigenvalue weighted by Crippen LogP contribution is -2.23. The number of pyridine rings is 2. The molecule has 6 rings (SSSR count). The summed E-state index contributed by atoms with van der Waals surface area (Å²) in [6.07, 6.45) is 7.12. The number of thiophene rings is 1. The average Bonchev–Trinajstić information content (AvgIpc) is 3.75. The first-order valence-corrected chi connectivity index (χ1v) is 14.2. The third kappa shape index (κ3) is 5.79. The molecule has 0 atom stereocenters. The second-order valence-corrected chi connectivity index (χ2v) is 10.9. The van der Waals surface area contributed by atoms with Gasteiger partial charge in [-0.3, -0.25) is 24.7 Å². The number of ketones is 1. The molecule has 0 unspecified atom stereocenters. The van der Waals surface area contributed by atoms with Gasteiger partial charge < -0.3 is 10.3 Å². The molecule has 212 valence electrons. The van der Waals surface area contributed by atoms with Crippen LogP contribution in [0.3, 0.4) is 0 Å². The molecule has 1 aromatic carbocycles. The summed E-state index contributed by atoms with van der Waals surface area (Å²) in [7, 11) is 0. The van der Waals surface area contributed by atoms with Crippen LogP contribution < -0.4 is 5.32 Å². The quantitative estimate of drug-likeness (QED) is 0.106. The molecule has 43 heavy (non-hydrogen) atoms. The minimum absolute atomic E-state index is 0.0173. The topological polar surface area (TPSA) is 142 Å². The van der Waals surface area contributed by atoms with E-state index in [4.69, 9.17) is 9.97 Å². The molecule has 0 fully saturated rings. The Morgan fingerprint density at radius 3 is 2.60 bits per heavy atom.